The van der Waals surface area contributed by atoms with Gasteiger partial charge in [-0.2, -0.15) is 27.1 Å². The lowest BCUT2D eigenvalue weighted by molar-refractivity contribution is -0.137. The minimum Gasteiger partial charge on any atom is -0.372 e. The first kappa shape index (κ1) is 28.7. The predicted octanol–water partition coefficient (Wildman–Crippen LogP) is 6.02. The first-order chi connectivity index (χ1) is 16.5. The molecular weight excluding hydrogens is 523 g/mol. The molecule has 0 aliphatic carbocycles. The van der Waals surface area contributed by atoms with Gasteiger partial charge in [0.25, 0.3) is 5.92 Å². The molecule has 2 heterocycles. The third-order valence-electron chi connectivity index (χ3n) is 5.95. The van der Waals surface area contributed by atoms with E-state index in [0.29, 0.717) is 12.7 Å². The highest BCUT2D eigenvalue weighted by molar-refractivity contribution is 7.92. The molecule has 0 saturated carbocycles. The van der Waals surface area contributed by atoms with Crippen LogP contribution in [0.4, 0.5) is 22.0 Å². The lowest BCUT2D eigenvalue weighted by atomic mass is 10.1. The van der Waals surface area contributed by atoms with Crippen LogP contribution in [0, 0.1) is 0 Å². The van der Waals surface area contributed by atoms with Gasteiger partial charge in [-0.1, -0.05) is 25.7 Å². The molecule has 1 fully saturated rings. The summed E-state index contributed by atoms with van der Waals surface area (Å²) in [5.41, 5.74) is -1.32. The third kappa shape index (κ3) is 7.14. The van der Waals surface area contributed by atoms with Crippen LogP contribution in [0.3, 0.4) is 0 Å². The third-order valence-corrected chi connectivity index (χ3v) is 9.87. The van der Waals surface area contributed by atoms with Gasteiger partial charge in [-0.3, -0.25) is 0 Å². The highest BCUT2D eigenvalue weighted by Crippen LogP contribution is 2.37. The van der Waals surface area contributed by atoms with E-state index in [1.807, 2.05) is 0 Å². The topological polar surface area (TPSA) is 70.4 Å². The Morgan fingerprint density at radius 3 is 2.47 bits per heavy atom. The minimum absolute atomic E-state index is 0.00898. The van der Waals surface area contributed by atoms with Crippen LogP contribution in [0.2, 0.25) is 25.7 Å². The fourth-order valence-corrected chi connectivity index (χ4v) is 6.41. The van der Waals surface area contributed by atoms with Crippen molar-refractivity contribution in [3.8, 4) is 0 Å². The SMILES string of the molecule is CC(F)(F)c1cc(C2CC(S(=O)(=O)c3cccc(C(F)(F)F)c3)CCO2)nn1COCC[Si](C)(C)C. The highest BCUT2D eigenvalue weighted by Gasteiger charge is 2.39. The first-order valence-electron chi connectivity index (χ1n) is 11.5. The Bertz CT molecular complexity index is 1160. The van der Waals surface area contributed by atoms with Gasteiger partial charge in [0.2, 0.25) is 0 Å². The number of sulfone groups is 1. The summed E-state index contributed by atoms with van der Waals surface area (Å²) in [7, 11) is -5.51. The zero-order valence-electron chi connectivity index (χ0n) is 20.6. The molecule has 1 aromatic heterocycles. The summed E-state index contributed by atoms with van der Waals surface area (Å²) < 4.78 is 106. The summed E-state index contributed by atoms with van der Waals surface area (Å²) in [6.07, 6.45) is -5.66. The lowest BCUT2D eigenvalue weighted by Gasteiger charge is -2.28. The van der Waals surface area contributed by atoms with Gasteiger partial charge in [-0.05, 0) is 43.2 Å². The average Bonchev–Trinajstić information content (AvgIpc) is 3.21. The monoisotopic (exact) mass is 554 g/mol. The summed E-state index contributed by atoms with van der Waals surface area (Å²) >= 11 is 0. The van der Waals surface area contributed by atoms with E-state index in [2.05, 4.69) is 24.7 Å². The first-order valence-corrected chi connectivity index (χ1v) is 16.8. The number of nitrogens with zero attached hydrogens (tertiary/aromatic N) is 2. The highest BCUT2D eigenvalue weighted by atomic mass is 32.2. The number of alkyl halides is 5. The van der Waals surface area contributed by atoms with E-state index in [0.717, 1.165) is 35.8 Å². The molecule has 0 amide bonds. The second-order valence-electron chi connectivity index (χ2n) is 10.3. The van der Waals surface area contributed by atoms with Crippen LogP contribution in [0.5, 0.6) is 0 Å². The van der Waals surface area contributed by atoms with Gasteiger partial charge in [0.15, 0.2) is 9.84 Å². The van der Waals surface area contributed by atoms with E-state index in [9.17, 15) is 30.4 Å². The maximum absolute atomic E-state index is 14.3. The number of benzene rings is 1. The van der Waals surface area contributed by atoms with Crippen LogP contribution in [0.15, 0.2) is 35.2 Å². The molecule has 0 N–H and O–H groups in total. The van der Waals surface area contributed by atoms with Crippen molar-refractivity contribution in [2.45, 2.75) is 80.5 Å². The smallest absolute Gasteiger partial charge is 0.372 e. The Kier molecular flexibility index (Phi) is 8.38. The number of hydrogen-bond donors (Lipinski definition) is 0. The Morgan fingerprint density at radius 1 is 1.17 bits per heavy atom. The molecule has 0 radical (unpaired) electrons. The average molecular weight is 555 g/mol. The molecule has 3 rings (SSSR count). The van der Waals surface area contributed by atoms with Crippen molar-refractivity contribution < 1.29 is 39.8 Å². The van der Waals surface area contributed by atoms with E-state index in [-0.39, 0.29) is 31.9 Å². The van der Waals surface area contributed by atoms with Crippen molar-refractivity contribution in [3.63, 3.8) is 0 Å². The molecule has 0 bridgehead atoms. The summed E-state index contributed by atoms with van der Waals surface area (Å²) in [4.78, 5) is -0.440. The van der Waals surface area contributed by atoms with Gasteiger partial charge in [0.1, 0.15) is 18.5 Å². The van der Waals surface area contributed by atoms with Crippen molar-refractivity contribution in [2.75, 3.05) is 13.2 Å². The summed E-state index contributed by atoms with van der Waals surface area (Å²) in [5.74, 6) is -3.23. The summed E-state index contributed by atoms with van der Waals surface area (Å²) in [6, 6.07) is 5.60. The molecule has 202 valence electrons. The lowest BCUT2D eigenvalue weighted by Crippen LogP contribution is -2.31. The van der Waals surface area contributed by atoms with E-state index in [4.69, 9.17) is 9.47 Å². The van der Waals surface area contributed by atoms with Gasteiger partial charge in [0.05, 0.1) is 21.4 Å². The van der Waals surface area contributed by atoms with Crippen molar-refractivity contribution in [3.05, 3.63) is 47.3 Å². The van der Waals surface area contributed by atoms with Crippen molar-refractivity contribution in [2.24, 2.45) is 0 Å². The maximum Gasteiger partial charge on any atom is 0.416 e. The second-order valence-corrected chi connectivity index (χ2v) is 18.1. The van der Waals surface area contributed by atoms with Gasteiger partial charge >= 0.3 is 6.18 Å². The fraction of sp³-hybridized carbons (Fsp3) is 0.609. The predicted molar refractivity (Wildman–Crippen MR) is 126 cm³/mol. The molecule has 1 aromatic carbocycles. The Morgan fingerprint density at radius 2 is 1.86 bits per heavy atom. The van der Waals surface area contributed by atoms with E-state index in [1.165, 1.54) is 6.07 Å². The number of ether oxygens (including phenoxy) is 2. The van der Waals surface area contributed by atoms with E-state index >= 15 is 0 Å². The van der Waals surface area contributed by atoms with Gasteiger partial charge in [-0.15, -0.1) is 0 Å². The normalized spacial score (nSPS) is 20.0. The van der Waals surface area contributed by atoms with Crippen LogP contribution in [0.25, 0.3) is 0 Å². The van der Waals surface area contributed by atoms with Gasteiger partial charge in [-0.25, -0.2) is 13.1 Å². The molecule has 0 spiro atoms. The Labute approximate surface area is 208 Å². The molecule has 1 aliphatic heterocycles. The zero-order valence-corrected chi connectivity index (χ0v) is 22.4. The van der Waals surface area contributed by atoms with E-state index in [1.54, 1.807) is 0 Å². The quantitative estimate of drug-likeness (QED) is 0.215. The molecule has 2 aromatic rings. The Hall–Kier alpha value is -1.83. The van der Waals surface area contributed by atoms with Crippen LogP contribution < -0.4 is 0 Å². The number of aromatic nitrogens is 2. The molecule has 1 aliphatic rings. The Balaban J connectivity index is 1.81. The second kappa shape index (κ2) is 10.5. The summed E-state index contributed by atoms with van der Waals surface area (Å²) in [6.45, 7) is 7.42. The van der Waals surface area contributed by atoms with Gasteiger partial charge < -0.3 is 9.47 Å². The van der Waals surface area contributed by atoms with Crippen molar-refractivity contribution in [1.29, 1.82) is 0 Å². The molecule has 13 heteroatoms. The maximum atomic E-state index is 14.3. The minimum atomic E-state index is -4.69. The standard InChI is InChI=1S/C23H31F5N2O4SSi/c1-22(24,25)21-14-19(29-30(21)15-33-10-11-36(2,3)4)20-13-18(8-9-34-20)35(31,32)17-7-5-6-16(12-17)23(26,27)28/h5-7,12,14,18,20H,8-11,13,15H2,1-4H3. The van der Waals surface area contributed by atoms with Crippen LogP contribution in [-0.4, -0.2) is 44.7 Å². The molecule has 36 heavy (non-hydrogen) atoms. The number of hydrogen-bond acceptors (Lipinski definition) is 5. The number of halogens is 5. The van der Waals surface area contributed by atoms with E-state index < -0.39 is 57.5 Å². The van der Waals surface area contributed by atoms with Crippen molar-refractivity contribution in [1.82, 2.24) is 9.78 Å². The van der Waals surface area contributed by atoms with Crippen molar-refractivity contribution >= 4 is 17.9 Å². The molecule has 6 nitrogen and oxygen atoms in total. The zero-order chi connectivity index (χ0) is 26.9. The molecule has 2 atom stereocenters. The van der Waals surface area contributed by atoms with Gasteiger partial charge in [0, 0.05) is 28.2 Å². The molecule has 2 unspecified atom stereocenters. The largest absolute Gasteiger partial charge is 0.416 e. The molecular formula is C23H31F5N2O4SSi. The summed E-state index contributed by atoms with van der Waals surface area (Å²) in [5, 5.41) is 3.17. The molecule has 1 saturated heterocycles. The van der Waals surface area contributed by atoms with Crippen LogP contribution >= 0.6 is 0 Å². The van der Waals surface area contributed by atoms with Crippen LogP contribution in [0.1, 0.15) is 42.8 Å². The van der Waals surface area contributed by atoms with Crippen LogP contribution in [-0.2, 0) is 38.1 Å². The fourth-order valence-electron chi connectivity index (χ4n) is 3.87. The number of rotatable bonds is 9.